The van der Waals surface area contributed by atoms with E-state index < -0.39 is 18.0 Å². The van der Waals surface area contributed by atoms with E-state index in [1.54, 1.807) is 13.8 Å². The summed E-state index contributed by atoms with van der Waals surface area (Å²) in [5, 5.41) is 9.05. The number of rotatable bonds is 6. The van der Waals surface area contributed by atoms with Crippen LogP contribution in [0.15, 0.2) is 24.5 Å². The fraction of sp³-hybridized carbons (Fsp3) is 0.455. The summed E-state index contributed by atoms with van der Waals surface area (Å²) >= 11 is 0. The van der Waals surface area contributed by atoms with Crippen LogP contribution in [0.3, 0.4) is 0 Å². The monoisotopic (exact) mass is 228 g/mol. The molecule has 0 aliphatic heterocycles. The molecule has 1 unspecified atom stereocenters. The van der Waals surface area contributed by atoms with E-state index in [9.17, 15) is 9.59 Å². The first kappa shape index (κ1) is 14.4. The standard InChI is InChI=1S/C11H16O5/c1-4-10(13)16-9(7-6-8(3)12)11(14)15-5-2/h4,7-8,12H,1,5-6H2,2-3H3. The maximum Gasteiger partial charge on any atom is 0.374 e. The zero-order valence-corrected chi connectivity index (χ0v) is 9.43. The van der Waals surface area contributed by atoms with Crippen LogP contribution in [0.25, 0.3) is 0 Å². The van der Waals surface area contributed by atoms with Crippen LogP contribution >= 0.6 is 0 Å². The van der Waals surface area contributed by atoms with Gasteiger partial charge in [-0.3, -0.25) is 0 Å². The van der Waals surface area contributed by atoms with Crippen LogP contribution in [0.4, 0.5) is 0 Å². The molecule has 0 aromatic heterocycles. The highest BCUT2D eigenvalue weighted by molar-refractivity contribution is 5.92. The van der Waals surface area contributed by atoms with Crippen molar-refractivity contribution >= 4 is 11.9 Å². The molecule has 0 bridgehead atoms. The summed E-state index contributed by atoms with van der Waals surface area (Å²) in [5.41, 5.74) is 0. The molecule has 0 rings (SSSR count). The van der Waals surface area contributed by atoms with Gasteiger partial charge >= 0.3 is 11.9 Å². The van der Waals surface area contributed by atoms with E-state index in [2.05, 4.69) is 16.1 Å². The molecule has 5 heteroatoms. The van der Waals surface area contributed by atoms with Gasteiger partial charge in [0.2, 0.25) is 5.76 Å². The lowest BCUT2D eigenvalue weighted by Gasteiger charge is -2.07. The number of carbonyl (C=O) groups is 2. The van der Waals surface area contributed by atoms with Crippen LogP contribution in [-0.2, 0) is 19.1 Å². The van der Waals surface area contributed by atoms with E-state index in [4.69, 9.17) is 5.11 Å². The minimum Gasteiger partial charge on any atom is -0.460 e. The van der Waals surface area contributed by atoms with Crippen molar-refractivity contribution in [2.45, 2.75) is 26.4 Å². The van der Waals surface area contributed by atoms with Gasteiger partial charge < -0.3 is 14.6 Å². The number of aliphatic hydroxyl groups excluding tert-OH is 1. The van der Waals surface area contributed by atoms with Gasteiger partial charge in [0.1, 0.15) is 0 Å². The van der Waals surface area contributed by atoms with Crippen molar-refractivity contribution < 1.29 is 24.2 Å². The normalized spacial score (nSPS) is 12.8. The molecule has 0 aliphatic rings. The van der Waals surface area contributed by atoms with Gasteiger partial charge in [-0.25, -0.2) is 9.59 Å². The van der Waals surface area contributed by atoms with Crippen molar-refractivity contribution in [2.75, 3.05) is 6.61 Å². The second-order valence-electron chi connectivity index (χ2n) is 3.00. The number of carbonyl (C=O) groups excluding carboxylic acids is 2. The Bertz CT molecular complexity index is 291. The highest BCUT2D eigenvalue weighted by Gasteiger charge is 2.15. The van der Waals surface area contributed by atoms with Crippen molar-refractivity contribution in [1.29, 1.82) is 0 Å². The van der Waals surface area contributed by atoms with Crippen molar-refractivity contribution in [2.24, 2.45) is 0 Å². The van der Waals surface area contributed by atoms with Crippen LogP contribution in [-0.4, -0.2) is 29.8 Å². The summed E-state index contributed by atoms with van der Waals surface area (Å²) in [5.74, 6) is -1.71. The van der Waals surface area contributed by atoms with E-state index in [-0.39, 0.29) is 18.8 Å². The molecule has 0 radical (unpaired) electrons. The molecule has 1 N–H and O–H groups in total. The minimum absolute atomic E-state index is 0.177. The summed E-state index contributed by atoms with van der Waals surface area (Å²) in [6.07, 6.45) is 1.81. The number of hydrogen-bond donors (Lipinski definition) is 1. The van der Waals surface area contributed by atoms with Gasteiger partial charge in [-0.15, -0.1) is 0 Å². The van der Waals surface area contributed by atoms with Crippen molar-refractivity contribution in [3.05, 3.63) is 24.5 Å². The van der Waals surface area contributed by atoms with Crippen LogP contribution in [0.5, 0.6) is 0 Å². The van der Waals surface area contributed by atoms with Crippen LogP contribution in [0, 0.1) is 0 Å². The van der Waals surface area contributed by atoms with Gasteiger partial charge in [0, 0.05) is 6.08 Å². The zero-order chi connectivity index (χ0) is 12.6. The Kier molecular flexibility index (Phi) is 6.87. The molecule has 0 heterocycles. The smallest absolute Gasteiger partial charge is 0.374 e. The molecule has 16 heavy (non-hydrogen) atoms. The molecule has 0 fully saturated rings. The van der Waals surface area contributed by atoms with Crippen LogP contribution in [0.2, 0.25) is 0 Å². The van der Waals surface area contributed by atoms with Gasteiger partial charge in [0.25, 0.3) is 0 Å². The van der Waals surface area contributed by atoms with Gasteiger partial charge in [0.05, 0.1) is 12.7 Å². The third-order valence-electron chi connectivity index (χ3n) is 1.50. The molecule has 0 aromatic carbocycles. The molecular formula is C11H16O5. The maximum absolute atomic E-state index is 11.3. The first-order chi connectivity index (χ1) is 7.51. The first-order valence-electron chi connectivity index (χ1n) is 4.90. The Morgan fingerprint density at radius 3 is 2.56 bits per heavy atom. The molecule has 0 spiro atoms. The first-order valence-corrected chi connectivity index (χ1v) is 4.90. The summed E-state index contributed by atoms with van der Waals surface area (Å²) in [6.45, 7) is 6.58. The zero-order valence-electron chi connectivity index (χ0n) is 9.43. The molecule has 0 saturated heterocycles. The number of aliphatic hydroxyl groups is 1. The minimum atomic E-state index is -0.745. The molecular weight excluding hydrogens is 212 g/mol. The van der Waals surface area contributed by atoms with Crippen LogP contribution < -0.4 is 0 Å². The number of ether oxygens (including phenoxy) is 2. The van der Waals surface area contributed by atoms with Gasteiger partial charge in [-0.05, 0) is 26.3 Å². The number of esters is 2. The fourth-order valence-corrected chi connectivity index (χ4v) is 0.797. The molecule has 0 aromatic rings. The fourth-order valence-electron chi connectivity index (χ4n) is 0.797. The van der Waals surface area contributed by atoms with E-state index >= 15 is 0 Å². The predicted octanol–water partition coefficient (Wildman–Crippen LogP) is 0.933. The van der Waals surface area contributed by atoms with E-state index in [0.29, 0.717) is 0 Å². The van der Waals surface area contributed by atoms with Crippen molar-refractivity contribution in [1.82, 2.24) is 0 Å². The quantitative estimate of drug-likeness (QED) is 0.416. The topological polar surface area (TPSA) is 72.8 Å². The molecule has 0 saturated carbocycles. The third-order valence-corrected chi connectivity index (χ3v) is 1.50. The second-order valence-corrected chi connectivity index (χ2v) is 3.00. The average molecular weight is 228 g/mol. The highest BCUT2D eigenvalue weighted by atomic mass is 16.6. The Labute approximate surface area is 94.4 Å². The highest BCUT2D eigenvalue weighted by Crippen LogP contribution is 2.05. The Morgan fingerprint density at radius 2 is 2.12 bits per heavy atom. The molecule has 90 valence electrons. The van der Waals surface area contributed by atoms with Crippen molar-refractivity contribution in [3.8, 4) is 0 Å². The number of hydrogen-bond acceptors (Lipinski definition) is 5. The van der Waals surface area contributed by atoms with Gasteiger partial charge in [-0.2, -0.15) is 0 Å². The Morgan fingerprint density at radius 1 is 1.50 bits per heavy atom. The van der Waals surface area contributed by atoms with Crippen LogP contribution in [0.1, 0.15) is 20.3 Å². The third kappa shape index (κ3) is 5.98. The Balaban J connectivity index is 4.61. The summed E-state index contributed by atoms with van der Waals surface area (Å²) in [6, 6.07) is 0. The maximum atomic E-state index is 11.3. The lowest BCUT2D eigenvalue weighted by molar-refractivity contribution is -0.148. The van der Waals surface area contributed by atoms with Gasteiger partial charge in [0.15, 0.2) is 0 Å². The predicted molar refractivity (Wildman–Crippen MR) is 57.3 cm³/mol. The van der Waals surface area contributed by atoms with E-state index in [0.717, 1.165) is 6.08 Å². The largest absolute Gasteiger partial charge is 0.460 e. The molecule has 0 aliphatic carbocycles. The van der Waals surface area contributed by atoms with Crippen molar-refractivity contribution in [3.63, 3.8) is 0 Å². The summed E-state index contributed by atoms with van der Waals surface area (Å²) in [7, 11) is 0. The second kappa shape index (κ2) is 7.64. The van der Waals surface area contributed by atoms with E-state index in [1.807, 2.05) is 0 Å². The Hall–Kier alpha value is -1.62. The van der Waals surface area contributed by atoms with Gasteiger partial charge in [-0.1, -0.05) is 6.58 Å². The summed E-state index contributed by atoms with van der Waals surface area (Å²) < 4.78 is 9.36. The lowest BCUT2D eigenvalue weighted by Crippen LogP contribution is -2.14. The lowest BCUT2D eigenvalue weighted by atomic mass is 10.2. The molecule has 5 nitrogen and oxygen atoms in total. The van der Waals surface area contributed by atoms with E-state index in [1.165, 1.54) is 6.08 Å². The molecule has 1 atom stereocenters. The molecule has 0 amide bonds. The summed E-state index contributed by atoms with van der Waals surface area (Å²) in [4.78, 5) is 22.2. The average Bonchev–Trinajstić information content (AvgIpc) is 2.23. The SMILES string of the molecule is C=CC(=O)OC(=CCC(C)O)C(=O)OCC.